The fourth-order valence-electron chi connectivity index (χ4n) is 2.73. The fraction of sp³-hybridized carbons (Fsp3) is 0.867. The third-order valence-corrected chi connectivity index (χ3v) is 4.65. The van der Waals surface area contributed by atoms with Gasteiger partial charge in [-0.3, -0.25) is 4.79 Å². The van der Waals surface area contributed by atoms with Crippen molar-refractivity contribution < 1.29 is 14.7 Å². The van der Waals surface area contributed by atoms with E-state index in [1.165, 1.54) is 4.90 Å². The van der Waals surface area contributed by atoms with Crippen LogP contribution in [0.3, 0.4) is 0 Å². The summed E-state index contributed by atoms with van der Waals surface area (Å²) in [6.07, 6.45) is 4.33. The van der Waals surface area contributed by atoms with Crippen molar-refractivity contribution in [2.45, 2.75) is 32.6 Å². The van der Waals surface area contributed by atoms with Crippen LogP contribution in [0.25, 0.3) is 0 Å². The molecule has 0 spiro atoms. The van der Waals surface area contributed by atoms with Crippen molar-refractivity contribution in [2.75, 3.05) is 39.8 Å². The van der Waals surface area contributed by atoms with Gasteiger partial charge in [0, 0.05) is 13.1 Å². The summed E-state index contributed by atoms with van der Waals surface area (Å²) in [6.45, 7) is 5.28. The smallest absolute Gasteiger partial charge is 0.323 e. The molecule has 1 saturated carbocycles. The number of hydrogen-bond acceptors (Lipinski definition) is 3. The van der Waals surface area contributed by atoms with Crippen LogP contribution >= 0.6 is 0 Å². The highest BCUT2D eigenvalue weighted by Crippen LogP contribution is 2.31. The van der Waals surface area contributed by atoms with Gasteiger partial charge in [0.25, 0.3) is 0 Å². The van der Waals surface area contributed by atoms with Gasteiger partial charge in [-0.15, -0.1) is 0 Å². The molecular weight excluding hydrogens is 270 g/mol. The van der Waals surface area contributed by atoms with Crippen LogP contribution in [-0.4, -0.2) is 66.7 Å². The normalized spacial score (nSPS) is 21.8. The van der Waals surface area contributed by atoms with Crippen LogP contribution < -0.4 is 5.32 Å². The van der Waals surface area contributed by atoms with E-state index in [1.54, 1.807) is 0 Å². The summed E-state index contributed by atoms with van der Waals surface area (Å²) in [4.78, 5) is 26.9. The van der Waals surface area contributed by atoms with Gasteiger partial charge >= 0.3 is 12.0 Å². The number of rotatable bonds is 6. The minimum Gasteiger partial charge on any atom is -0.480 e. The average Bonchev–Trinajstić information content (AvgIpc) is 3.23. The van der Waals surface area contributed by atoms with Crippen LogP contribution in [-0.2, 0) is 4.79 Å². The zero-order valence-electron chi connectivity index (χ0n) is 13.1. The van der Waals surface area contributed by atoms with Gasteiger partial charge < -0.3 is 20.2 Å². The van der Waals surface area contributed by atoms with Gasteiger partial charge in [0.2, 0.25) is 0 Å². The third kappa shape index (κ3) is 5.19. The lowest BCUT2D eigenvalue weighted by Gasteiger charge is -2.38. The van der Waals surface area contributed by atoms with E-state index in [-0.39, 0.29) is 18.0 Å². The molecule has 1 heterocycles. The number of carbonyl (C=O) groups is 2. The molecule has 0 aromatic carbocycles. The molecule has 2 amide bonds. The van der Waals surface area contributed by atoms with Crippen molar-refractivity contribution in [2.24, 2.45) is 11.3 Å². The van der Waals surface area contributed by atoms with Crippen molar-refractivity contribution in [3.63, 3.8) is 0 Å². The largest absolute Gasteiger partial charge is 0.480 e. The molecule has 0 aromatic heterocycles. The van der Waals surface area contributed by atoms with E-state index in [4.69, 9.17) is 5.11 Å². The first-order chi connectivity index (χ1) is 9.88. The summed E-state index contributed by atoms with van der Waals surface area (Å²) in [5.41, 5.74) is 0.122. The molecule has 1 saturated heterocycles. The van der Waals surface area contributed by atoms with Gasteiger partial charge in [0.1, 0.15) is 6.54 Å². The van der Waals surface area contributed by atoms with Crippen LogP contribution in [0.15, 0.2) is 0 Å². The van der Waals surface area contributed by atoms with Crippen molar-refractivity contribution in [3.8, 4) is 0 Å². The average molecular weight is 297 g/mol. The molecular formula is C15H27N3O3. The predicted octanol–water partition coefficient (Wildman–Crippen LogP) is 1.22. The second-order valence-corrected chi connectivity index (χ2v) is 6.99. The maximum Gasteiger partial charge on any atom is 0.323 e. The summed E-state index contributed by atoms with van der Waals surface area (Å²) < 4.78 is 0. The van der Waals surface area contributed by atoms with Crippen LogP contribution in [0, 0.1) is 11.3 Å². The van der Waals surface area contributed by atoms with Crippen molar-refractivity contribution in [3.05, 3.63) is 0 Å². The molecule has 2 N–H and O–H groups in total. The second kappa shape index (κ2) is 6.64. The molecule has 1 aliphatic carbocycles. The molecule has 0 unspecified atom stereocenters. The topological polar surface area (TPSA) is 72.9 Å². The molecule has 1 aliphatic heterocycles. The molecule has 6 heteroatoms. The number of piperidine rings is 1. The minimum atomic E-state index is -0.948. The number of hydrogen-bond donors (Lipinski definition) is 2. The van der Waals surface area contributed by atoms with Gasteiger partial charge in [-0.05, 0) is 57.2 Å². The highest BCUT2D eigenvalue weighted by atomic mass is 16.4. The molecule has 0 bridgehead atoms. The Hall–Kier alpha value is -1.30. The Kier molecular flexibility index (Phi) is 5.08. The van der Waals surface area contributed by atoms with Gasteiger partial charge in [0.15, 0.2) is 0 Å². The lowest BCUT2D eigenvalue weighted by atomic mass is 9.80. The molecule has 2 aliphatic rings. The first-order valence-corrected chi connectivity index (χ1v) is 7.81. The van der Waals surface area contributed by atoms with E-state index in [9.17, 15) is 9.59 Å². The monoisotopic (exact) mass is 297 g/mol. The number of amides is 2. The number of carboxylic acid groups (broad SMARTS) is 1. The molecule has 120 valence electrons. The molecule has 0 aromatic rings. The first kappa shape index (κ1) is 16.1. The van der Waals surface area contributed by atoms with Gasteiger partial charge in [-0.2, -0.15) is 0 Å². The Morgan fingerprint density at radius 1 is 1.33 bits per heavy atom. The molecule has 0 atom stereocenters. The van der Waals surface area contributed by atoms with Gasteiger partial charge in [-0.1, -0.05) is 6.92 Å². The minimum absolute atomic E-state index is 0.122. The maximum absolute atomic E-state index is 12.2. The molecule has 21 heavy (non-hydrogen) atoms. The number of nitrogens with one attached hydrogen (secondary N) is 1. The number of carbonyl (C=O) groups excluding carboxylic acids is 1. The first-order valence-electron chi connectivity index (χ1n) is 7.81. The summed E-state index contributed by atoms with van der Waals surface area (Å²) in [6, 6.07) is -0.232. The summed E-state index contributed by atoms with van der Waals surface area (Å²) in [5.74, 6) is -0.453. The Bertz CT molecular complexity index is 388. The molecule has 0 radical (unpaired) electrons. The zero-order chi connectivity index (χ0) is 15.5. The Morgan fingerprint density at radius 3 is 2.48 bits per heavy atom. The number of nitrogens with zero attached hydrogens (tertiary/aromatic N) is 2. The van der Waals surface area contributed by atoms with E-state index in [0.717, 1.165) is 38.8 Å². The Labute approximate surface area is 126 Å². The van der Waals surface area contributed by atoms with E-state index in [0.29, 0.717) is 19.0 Å². The Morgan fingerprint density at radius 2 is 1.95 bits per heavy atom. The molecule has 2 fully saturated rings. The maximum atomic E-state index is 12.2. The van der Waals surface area contributed by atoms with Crippen LogP contribution in [0.5, 0.6) is 0 Å². The number of likely N-dealkylation sites (tertiary alicyclic amines) is 1. The lowest BCUT2D eigenvalue weighted by molar-refractivity contribution is -0.137. The molecule has 2 rings (SSSR count). The molecule has 6 nitrogen and oxygen atoms in total. The van der Waals surface area contributed by atoms with Gasteiger partial charge in [-0.25, -0.2) is 4.79 Å². The van der Waals surface area contributed by atoms with Crippen molar-refractivity contribution >= 4 is 12.0 Å². The summed E-state index contributed by atoms with van der Waals surface area (Å²) >= 11 is 0. The third-order valence-electron chi connectivity index (χ3n) is 4.65. The van der Waals surface area contributed by atoms with E-state index < -0.39 is 5.97 Å². The predicted molar refractivity (Wildman–Crippen MR) is 80.2 cm³/mol. The van der Waals surface area contributed by atoms with E-state index >= 15 is 0 Å². The number of urea groups is 1. The summed E-state index contributed by atoms with van der Waals surface area (Å²) in [5, 5.41) is 11.9. The number of aliphatic carboxylic acids is 1. The number of carboxylic acids is 1. The quantitative estimate of drug-likeness (QED) is 0.773. The van der Waals surface area contributed by atoms with Crippen molar-refractivity contribution in [1.29, 1.82) is 0 Å². The summed E-state index contributed by atoms with van der Waals surface area (Å²) in [7, 11) is 2.11. The van der Waals surface area contributed by atoms with Crippen LogP contribution in [0.4, 0.5) is 4.79 Å². The lowest BCUT2D eigenvalue weighted by Crippen LogP contribution is -2.49. The van der Waals surface area contributed by atoms with Crippen molar-refractivity contribution in [1.82, 2.24) is 15.1 Å². The Balaban J connectivity index is 1.81. The van der Waals surface area contributed by atoms with E-state index in [2.05, 4.69) is 24.2 Å². The van der Waals surface area contributed by atoms with Crippen LogP contribution in [0.2, 0.25) is 0 Å². The highest BCUT2D eigenvalue weighted by molar-refractivity contribution is 5.80. The highest BCUT2D eigenvalue weighted by Gasteiger charge is 2.31. The fourth-order valence-corrected chi connectivity index (χ4v) is 2.73. The van der Waals surface area contributed by atoms with E-state index in [1.807, 2.05) is 0 Å². The zero-order valence-corrected chi connectivity index (χ0v) is 13.1. The van der Waals surface area contributed by atoms with Gasteiger partial charge in [0.05, 0.1) is 0 Å². The standard InChI is InChI=1S/C15H27N3O3/c1-15(5-7-17(2)8-6-15)11-16-14(21)18(10-13(19)20)9-12-3-4-12/h12H,3-11H2,1-2H3,(H,16,21)(H,19,20). The SMILES string of the molecule is CN1CCC(C)(CNC(=O)N(CC(=O)O)CC2CC2)CC1. The second-order valence-electron chi connectivity index (χ2n) is 6.99. The van der Waals surface area contributed by atoms with Crippen LogP contribution in [0.1, 0.15) is 32.6 Å².